The van der Waals surface area contributed by atoms with Crippen molar-refractivity contribution in [1.82, 2.24) is 15.4 Å². The van der Waals surface area contributed by atoms with Crippen molar-refractivity contribution in [2.45, 2.75) is 12.8 Å². The second kappa shape index (κ2) is 7.06. The maximum Gasteiger partial charge on any atom is 0.245 e. The molecule has 106 valence electrons. The van der Waals surface area contributed by atoms with Crippen molar-refractivity contribution in [3.05, 3.63) is 33.6 Å². The highest BCUT2D eigenvalue weighted by molar-refractivity contribution is 7.10. The second-order valence-electron chi connectivity index (χ2n) is 3.83. The number of rotatable bonds is 6. The summed E-state index contributed by atoms with van der Waals surface area (Å²) in [6.45, 7) is 0. The number of hydrogen-bond donors (Lipinski definition) is 2. The standard InChI is InChI=1S/C12H13ClN4O2S/c1-19-11-4-5-14-12(15-11)17-16-10(18)3-2-9-6-8(13)7-20-9/h4-7H,2-3H2,1H3,(H,16,18)(H,14,15,17). The van der Waals surface area contributed by atoms with E-state index in [-0.39, 0.29) is 11.9 Å². The Kier molecular flexibility index (Phi) is 5.14. The number of hydrogen-bond acceptors (Lipinski definition) is 6. The minimum Gasteiger partial charge on any atom is -0.481 e. The quantitative estimate of drug-likeness (QED) is 0.800. The van der Waals surface area contributed by atoms with E-state index in [1.54, 1.807) is 6.07 Å². The van der Waals surface area contributed by atoms with E-state index >= 15 is 0 Å². The zero-order valence-electron chi connectivity index (χ0n) is 10.7. The molecule has 0 fully saturated rings. The van der Waals surface area contributed by atoms with Crippen LogP contribution in [-0.2, 0) is 11.2 Å². The summed E-state index contributed by atoms with van der Waals surface area (Å²) < 4.78 is 4.95. The molecular formula is C12H13ClN4O2S. The van der Waals surface area contributed by atoms with Crippen LogP contribution in [0.5, 0.6) is 5.88 Å². The minimum atomic E-state index is -0.152. The molecule has 0 saturated carbocycles. The topological polar surface area (TPSA) is 76.1 Å². The van der Waals surface area contributed by atoms with Crippen LogP contribution in [0.25, 0.3) is 0 Å². The van der Waals surface area contributed by atoms with Crippen LogP contribution in [0.1, 0.15) is 11.3 Å². The Morgan fingerprint density at radius 1 is 1.55 bits per heavy atom. The van der Waals surface area contributed by atoms with Crippen molar-refractivity contribution >= 4 is 34.8 Å². The number of aromatic nitrogens is 2. The number of hydrazine groups is 1. The lowest BCUT2D eigenvalue weighted by molar-refractivity contribution is -0.120. The molecule has 2 heterocycles. The number of carbonyl (C=O) groups is 1. The number of aryl methyl sites for hydroxylation is 1. The van der Waals surface area contributed by atoms with Crippen LogP contribution in [0.3, 0.4) is 0 Å². The van der Waals surface area contributed by atoms with Crippen LogP contribution in [-0.4, -0.2) is 23.0 Å². The van der Waals surface area contributed by atoms with Gasteiger partial charge in [-0.3, -0.25) is 15.6 Å². The van der Waals surface area contributed by atoms with Gasteiger partial charge in [-0.1, -0.05) is 11.6 Å². The summed E-state index contributed by atoms with van der Waals surface area (Å²) in [6.07, 6.45) is 2.53. The minimum absolute atomic E-state index is 0.152. The van der Waals surface area contributed by atoms with Crippen molar-refractivity contribution in [3.8, 4) is 5.88 Å². The van der Waals surface area contributed by atoms with Gasteiger partial charge in [0.2, 0.25) is 17.7 Å². The number of methoxy groups -OCH3 is 1. The van der Waals surface area contributed by atoms with E-state index in [1.165, 1.54) is 24.6 Å². The van der Waals surface area contributed by atoms with E-state index in [0.29, 0.717) is 23.7 Å². The Hall–Kier alpha value is -1.86. The zero-order chi connectivity index (χ0) is 14.4. The van der Waals surface area contributed by atoms with Gasteiger partial charge in [-0.05, 0) is 12.5 Å². The van der Waals surface area contributed by atoms with Gasteiger partial charge in [0, 0.05) is 28.9 Å². The lowest BCUT2D eigenvalue weighted by Crippen LogP contribution is -2.30. The Balaban J connectivity index is 1.77. The first-order chi connectivity index (χ1) is 9.67. The van der Waals surface area contributed by atoms with Crippen LogP contribution >= 0.6 is 22.9 Å². The SMILES string of the molecule is COc1ccnc(NNC(=O)CCc2cc(Cl)cs2)n1. The molecule has 8 heteroatoms. The van der Waals surface area contributed by atoms with E-state index in [0.717, 1.165) is 4.88 Å². The first-order valence-corrected chi connectivity index (χ1v) is 7.08. The third kappa shape index (κ3) is 4.36. The van der Waals surface area contributed by atoms with Gasteiger partial charge in [-0.2, -0.15) is 4.98 Å². The van der Waals surface area contributed by atoms with Crippen molar-refractivity contribution in [1.29, 1.82) is 0 Å². The molecule has 2 N–H and O–H groups in total. The number of anilines is 1. The molecule has 2 aromatic heterocycles. The fourth-order valence-corrected chi connectivity index (χ4v) is 2.50. The first-order valence-electron chi connectivity index (χ1n) is 5.82. The fourth-order valence-electron chi connectivity index (χ4n) is 1.43. The average molecular weight is 313 g/mol. The maximum absolute atomic E-state index is 11.7. The molecule has 0 spiro atoms. The summed E-state index contributed by atoms with van der Waals surface area (Å²) in [5.41, 5.74) is 5.17. The van der Waals surface area contributed by atoms with E-state index < -0.39 is 0 Å². The van der Waals surface area contributed by atoms with E-state index in [2.05, 4.69) is 20.8 Å². The Morgan fingerprint density at radius 3 is 3.10 bits per heavy atom. The Morgan fingerprint density at radius 2 is 2.40 bits per heavy atom. The number of nitrogens with one attached hydrogen (secondary N) is 2. The molecule has 0 aliphatic carbocycles. The normalized spacial score (nSPS) is 10.1. The van der Waals surface area contributed by atoms with Crippen LogP contribution in [0.15, 0.2) is 23.7 Å². The first kappa shape index (κ1) is 14.5. The van der Waals surface area contributed by atoms with Crippen LogP contribution < -0.4 is 15.6 Å². The molecule has 0 unspecified atom stereocenters. The van der Waals surface area contributed by atoms with Crippen molar-refractivity contribution < 1.29 is 9.53 Å². The summed E-state index contributed by atoms with van der Waals surface area (Å²) >= 11 is 7.35. The monoisotopic (exact) mass is 312 g/mol. The maximum atomic E-state index is 11.7. The molecule has 0 atom stereocenters. The molecule has 20 heavy (non-hydrogen) atoms. The highest BCUT2D eigenvalue weighted by atomic mass is 35.5. The summed E-state index contributed by atoms with van der Waals surface area (Å²) in [5.74, 6) is 0.544. The number of carbonyl (C=O) groups excluding carboxylic acids is 1. The largest absolute Gasteiger partial charge is 0.481 e. The smallest absolute Gasteiger partial charge is 0.245 e. The van der Waals surface area contributed by atoms with Gasteiger partial charge in [0.05, 0.1) is 12.1 Å². The third-order valence-corrected chi connectivity index (χ3v) is 3.72. The molecule has 0 bridgehead atoms. The molecule has 0 aliphatic rings. The van der Waals surface area contributed by atoms with Crippen molar-refractivity contribution in [2.75, 3.05) is 12.5 Å². The van der Waals surface area contributed by atoms with E-state index in [4.69, 9.17) is 16.3 Å². The lowest BCUT2D eigenvalue weighted by atomic mass is 10.2. The van der Waals surface area contributed by atoms with Gasteiger partial charge in [0.15, 0.2) is 0 Å². The van der Waals surface area contributed by atoms with Crippen molar-refractivity contribution in [2.24, 2.45) is 0 Å². The summed E-state index contributed by atoms with van der Waals surface area (Å²) in [4.78, 5) is 20.7. The summed E-state index contributed by atoms with van der Waals surface area (Å²) in [6, 6.07) is 3.48. The number of nitrogens with zero attached hydrogens (tertiary/aromatic N) is 2. The van der Waals surface area contributed by atoms with Crippen LogP contribution in [0.2, 0.25) is 5.02 Å². The number of halogens is 1. The molecule has 0 aliphatic heterocycles. The number of ether oxygens (including phenoxy) is 1. The zero-order valence-corrected chi connectivity index (χ0v) is 12.3. The van der Waals surface area contributed by atoms with Gasteiger partial charge in [0.1, 0.15) is 0 Å². The summed E-state index contributed by atoms with van der Waals surface area (Å²) in [5, 5.41) is 2.55. The van der Waals surface area contributed by atoms with Gasteiger partial charge in [-0.25, -0.2) is 4.98 Å². The van der Waals surface area contributed by atoms with Gasteiger partial charge in [0.25, 0.3) is 0 Å². The Labute approximate surface area is 125 Å². The second-order valence-corrected chi connectivity index (χ2v) is 5.26. The van der Waals surface area contributed by atoms with Gasteiger partial charge < -0.3 is 4.74 Å². The molecular weight excluding hydrogens is 300 g/mol. The van der Waals surface area contributed by atoms with Crippen molar-refractivity contribution in [3.63, 3.8) is 0 Å². The van der Waals surface area contributed by atoms with Crippen LogP contribution in [0, 0.1) is 0 Å². The van der Waals surface area contributed by atoms with E-state index in [9.17, 15) is 4.79 Å². The molecule has 0 saturated heterocycles. The lowest BCUT2D eigenvalue weighted by Gasteiger charge is -2.07. The van der Waals surface area contributed by atoms with Crippen LogP contribution in [0.4, 0.5) is 5.95 Å². The predicted molar refractivity (Wildman–Crippen MR) is 78.0 cm³/mol. The molecule has 2 rings (SSSR count). The fraction of sp³-hybridized carbons (Fsp3) is 0.250. The Bertz CT molecular complexity index is 590. The number of thiophene rings is 1. The molecule has 0 radical (unpaired) electrons. The average Bonchev–Trinajstić information content (AvgIpc) is 2.89. The summed E-state index contributed by atoms with van der Waals surface area (Å²) in [7, 11) is 1.51. The van der Waals surface area contributed by atoms with Gasteiger partial charge in [-0.15, -0.1) is 11.3 Å². The third-order valence-electron chi connectivity index (χ3n) is 2.37. The molecule has 6 nitrogen and oxygen atoms in total. The highest BCUT2D eigenvalue weighted by Gasteiger charge is 2.05. The predicted octanol–water partition coefficient (Wildman–Crippen LogP) is 2.28. The van der Waals surface area contributed by atoms with E-state index in [1.807, 2.05) is 11.4 Å². The molecule has 2 aromatic rings. The van der Waals surface area contributed by atoms with Gasteiger partial charge >= 0.3 is 0 Å². The molecule has 1 amide bonds. The number of amides is 1. The highest BCUT2D eigenvalue weighted by Crippen LogP contribution is 2.20. The molecule has 0 aromatic carbocycles.